The topological polar surface area (TPSA) is 411 Å². The number of nitrogens with zero attached hydrogens (tertiary/aromatic N) is 15. The van der Waals surface area contributed by atoms with Gasteiger partial charge in [0.1, 0.15) is 67.0 Å². The van der Waals surface area contributed by atoms with Crippen LogP contribution in [0.15, 0.2) is 32.5 Å². The summed E-state index contributed by atoms with van der Waals surface area (Å²) in [6.45, 7) is 25.1. The first-order valence-electron chi connectivity index (χ1n) is 31.3. The lowest BCUT2D eigenvalue weighted by molar-refractivity contribution is 0.143. The highest BCUT2D eigenvalue weighted by Gasteiger charge is 2.29. The molecule has 93 heavy (non-hydrogen) atoms. The van der Waals surface area contributed by atoms with E-state index in [0.717, 1.165) is 94.3 Å². The van der Waals surface area contributed by atoms with E-state index < -0.39 is 16.8 Å². The minimum Gasteiger partial charge on any atom is -0.489 e. The van der Waals surface area contributed by atoms with E-state index in [-0.39, 0.29) is 17.5 Å². The number of nitrogen functional groups attached to an aromatic ring is 3. The van der Waals surface area contributed by atoms with Gasteiger partial charge in [-0.25, -0.2) is 43.8 Å². The van der Waals surface area contributed by atoms with Crippen molar-refractivity contribution in [2.24, 2.45) is 17.8 Å². The average Bonchev–Trinajstić information content (AvgIpc) is 1.63. The second-order valence-electron chi connectivity index (χ2n) is 24.5. The van der Waals surface area contributed by atoms with Crippen LogP contribution in [-0.2, 0) is 19.6 Å². The summed E-state index contributed by atoms with van der Waals surface area (Å²) in [5.41, 5.74) is 20.6. The lowest BCUT2D eigenvalue weighted by Crippen LogP contribution is -2.33. The highest BCUT2D eigenvalue weighted by Crippen LogP contribution is 2.37. The van der Waals surface area contributed by atoms with Crippen molar-refractivity contribution in [2.75, 3.05) is 76.3 Å². The summed E-state index contributed by atoms with van der Waals surface area (Å²) in [7, 11) is 0. The fraction of sp³-hybridized carbons (Fsp3) is 0.524. The number of anilines is 3. The van der Waals surface area contributed by atoms with Gasteiger partial charge in [0.25, 0.3) is 0 Å². The van der Waals surface area contributed by atoms with Crippen molar-refractivity contribution in [3.05, 3.63) is 35.7 Å². The number of nitrogens with one attached hydrogen (secondary N) is 3. The predicted octanol–water partition coefficient (Wildman–Crippen LogP) is 4.75. The van der Waals surface area contributed by atoms with Crippen LogP contribution in [0.4, 0.5) is 17.5 Å². The van der Waals surface area contributed by atoms with E-state index in [0.29, 0.717) is 143 Å². The molecule has 9 aromatic rings. The minimum atomic E-state index is -1.16. The van der Waals surface area contributed by atoms with Crippen LogP contribution in [0, 0.1) is 53.3 Å². The molecule has 3 atom stereocenters. The molecule has 492 valence electrons. The Morgan fingerprint density at radius 1 is 0.473 bits per heavy atom. The summed E-state index contributed by atoms with van der Waals surface area (Å²) in [6, 6.07) is 0. The van der Waals surface area contributed by atoms with Crippen LogP contribution >= 0.6 is 0 Å². The van der Waals surface area contributed by atoms with Crippen LogP contribution in [0.2, 0.25) is 0 Å². The summed E-state index contributed by atoms with van der Waals surface area (Å²) in [5.74, 6) is 22.3. The number of imidazole rings is 3. The summed E-state index contributed by atoms with van der Waals surface area (Å²) in [4.78, 5) is 27.6. The lowest BCUT2D eigenvalue weighted by Gasteiger charge is -2.23. The first-order valence-corrected chi connectivity index (χ1v) is 31.3. The van der Waals surface area contributed by atoms with Crippen molar-refractivity contribution < 1.29 is 43.4 Å². The molecule has 9 aromatic heterocycles. The smallest absolute Gasteiger partial charge is 0.199 e. The summed E-state index contributed by atoms with van der Waals surface area (Å²) < 4.78 is 38.8. The van der Waals surface area contributed by atoms with Gasteiger partial charge < -0.3 is 76.4 Å². The number of pyridine rings is 3. The maximum absolute atomic E-state index is 10.0. The zero-order valence-corrected chi connectivity index (χ0v) is 53.9. The fourth-order valence-electron chi connectivity index (χ4n) is 10.9. The average molecular weight is 1280 g/mol. The van der Waals surface area contributed by atoms with E-state index in [1.165, 1.54) is 0 Å². The monoisotopic (exact) mass is 1280 g/mol. The molecule has 0 aliphatic carbocycles. The Hall–Kier alpha value is -9.48. The molecule has 12 heterocycles. The molecule has 3 fully saturated rings. The number of aryl methyl sites for hydroxylation is 3. The van der Waals surface area contributed by atoms with Gasteiger partial charge in [0.2, 0.25) is 0 Å². The number of hydrogen-bond acceptors (Lipinski definition) is 27. The Kier molecular flexibility index (Phi) is 20.7. The third kappa shape index (κ3) is 16.1. The van der Waals surface area contributed by atoms with Crippen molar-refractivity contribution >= 4 is 50.6 Å². The molecule has 0 aromatic carbocycles. The van der Waals surface area contributed by atoms with Crippen molar-refractivity contribution in [1.29, 1.82) is 0 Å². The number of nitrogens with two attached hydrogens (primary N) is 3. The number of fused-ring (bicyclic) bond motifs is 3. The Morgan fingerprint density at radius 2 is 0.753 bits per heavy atom. The third-order valence-corrected chi connectivity index (χ3v) is 15.4. The van der Waals surface area contributed by atoms with Gasteiger partial charge in [0.05, 0.1) is 38.4 Å². The van der Waals surface area contributed by atoms with Gasteiger partial charge in [-0.1, -0.05) is 17.8 Å². The van der Waals surface area contributed by atoms with Crippen LogP contribution in [0.25, 0.3) is 67.7 Å². The summed E-state index contributed by atoms with van der Waals surface area (Å²) in [6.07, 6.45) is 11.8. The zero-order chi connectivity index (χ0) is 66.0. The van der Waals surface area contributed by atoms with Crippen LogP contribution in [0.3, 0.4) is 0 Å². The third-order valence-electron chi connectivity index (χ3n) is 15.4. The molecule has 3 aliphatic rings. The Balaban J connectivity index is 0.000000153. The van der Waals surface area contributed by atoms with Crippen LogP contribution in [-0.4, -0.2) is 166 Å². The number of hydrogen-bond donors (Lipinski definition) is 9. The number of aliphatic hydroxyl groups is 3. The molecule has 3 aliphatic heterocycles. The van der Waals surface area contributed by atoms with Crippen molar-refractivity contribution in [3.63, 3.8) is 0 Å². The molecular weight excluding hydrogens is 1190 g/mol. The number of piperidine rings is 3. The van der Waals surface area contributed by atoms with E-state index in [4.69, 9.17) is 60.3 Å². The molecule has 0 radical (unpaired) electrons. The van der Waals surface area contributed by atoms with Gasteiger partial charge in [0, 0.05) is 57.0 Å². The number of rotatable bonds is 15. The van der Waals surface area contributed by atoms with E-state index in [9.17, 15) is 15.3 Å². The molecular formula is C63H81N21O9. The van der Waals surface area contributed by atoms with Gasteiger partial charge in [-0.2, -0.15) is 0 Å². The Bertz CT molecular complexity index is 3810. The maximum atomic E-state index is 10.0. The Labute approximate surface area is 536 Å². The largest absolute Gasteiger partial charge is 0.489 e. The van der Waals surface area contributed by atoms with Crippen LogP contribution < -0.4 is 47.4 Å². The molecule has 0 unspecified atom stereocenters. The van der Waals surface area contributed by atoms with E-state index in [2.05, 4.69) is 97.4 Å². The Morgan fingerprint density at radius 3 is 0.968 bits per heavy atom. The molecule has 30 nitrogen and oxygen atoms in total. The van der Waals surface area contributed by atoms with Gasteiger partial charge in [-0.3, -0.25) is 0 Å². The van der Waals surface area contributed by atoms with Gasteiger partial charge in [-0.15, -0.1) is 0 Å². The molecule has 12 N–H and O–H groups in total. The van der Waals surface area contributed by atoms with Crippen LogP contribution in [0.5, 0.6) is 17.2 Å². The highest BCUT2D eigenvalue weighted by atomic mass is 16.6. The minimum absolute atomic E-state index is 0.151. The summed E-state index contributed by atoms with van der Waals surface area (Å²) >= 11 is 0. The van der Waals surface area contributed by atoms with E-state index in [1.54, 1.807) is 60.1 Å². The first kappa shape index (κ1) is 66.4. The van der Waals surface area contributed by atoms with Crippen molar-refractivity contribution in [2.45, 2.75) is 137 Å². The van der Waals surface area contributed by atoms with Crippen molar-refractivity contribution in [3.8, 4) is 87.3 Å². The highest BCUT2D eigenvalue weighted by molar-refractivity contribution is 5.92. The van der Waals surface area contributed by atoms with Crippen LogP contribution in [0.1, 0.15) is 118 Å². The molecule has 3 saturated heterocycles. The number of ether oxygens (including phenoxy) is 3. The normalized spacial score (nSPS) is 16.8. The summed E-state index contributed by atoms with van der Waals surface area (Å²) in [5, 5.41) is 63.0. The first-order chi connectivity index (χ1) is 44.6. The molecule has 0 bridgehead atoms. The second kappa shape index (κ2) is 29.0. The SMILES string of the molecule is CCn1c(-c2nonc2N)nc2c(C#CC(C)(C)O)ncc(OC[C@H]3CCCNC3)c21.CCn1c(-c2nonc2N)nc2c(C#CC(C)(C)O)ncc(OC[C@H]3CCCNC3)c21.CCn1c(-c2nonc2N)nc2c(C#CC(C)(C)O)ncc(OC[C@H]3CCCNC3)c21. The molecule has 0 amide bonds. The van der Waals surface area contributed by atoms with Gasteiger partial charge >= 0.3 is 0 Å². The standard InChI is InChI=1S/3C21H27N7O3/c3*1-4-28-18-15(30-12-13-6-5-9-23-10-13)11-24-14(7-8-21(2,3)29)16(18)25-20(28)17-19(22)27-31-26-17/h3*11,13,23,29H,4-6,9-10,12H2,1-3H3,(H2,22,27)/t3*13-/m000/s1. The molecule has 0 saturated carbocycles. The van der Waals surface area contributed by atoms with Crippen molar-refractivity contribution in [1.82, 2.24) is 90.5 Å². The number of aromatic nitrogens is 15. The quantitative estimate of drug-likeness (QED) is 0.0625. The predicted molar refractivity (Wildman–Crippen MR) is 346 cm³/mol. The lowest BCUT2D eigenvalue weighted by atomic mass is 10.0. The van der Waals surface area contributed by atoms with E-state index in [1.807, 2.05) is 34.5 Å². The molecule has 30 heteroatoms. The molecule has 0 spiro atoms. The molecule has 12 rings (SSSR count). The fourth-order valence-corrected chi connectivity index (χ4v) is 10.9. The maximum Gasteiger partial charge on any atom is 0.199 e. The van der Waals surface area contributed by atoms with Gasteiger partial charge in [-0.05, 0) is 169 Å². The van der Waals surface area contributed by atoms with E-state index >= 15 is 0 Å². The zero-order valence-electron chi connectivity index (χ0n) is 53.9. The second-order valence-corrected chi connectivity index (χ2v) is 24.5. The van der Waals surface area contributed by atoms with Gasteiger partial charge in [0.15, 0.2) is 69.3 Å².